The lowest BCUT2D eigenvalue weighted by Gasteiger charge is -2.37. The predicted octanol–water partition coefficient (Wildman–Crippen LogP) is 2.38. The summed E-state index contributed by atoms with van der Waals surface area (Å²) in [5, 5.41) is 3.94. The molecular formula is C15H24N4OS. The minimum absolute atomic E-state index is 0.0560. The monoisotopic (exact) mass is 308 g/mol. The summed E-state index contributed by atoms with van der Waals surface area (Å²) in [6.45, 7) is 3.62. The van der Waals surface area contributed by atoms with E-state index in [1.807, 2.05) is 0 Å². The number of rotatable bonds is 4. The first kappa shape index (κ1) is 14.8. The second-order valence-corrected chi connectivity index (χ2v) is 6.82. The minimum Gasteiger partial charge on any atom is -0.353 e. The van der Waals surface area contributed by atoms with E-state index in [2.05, 4.69) is 26.5 Å². The van der Waals surface area contributed by atoms with Crippen molar-refractivity contribution in [2.45, 2.75) is 57.9 Å². The van der Waals surface area contributed by atoms with E-state index in [9.17, 15) is 4.79 Å². The van der Waals surface area contributed by atoms with E-state index in [4.69, 9.17) is 0 Å². The van der Waals surface area contributed by atoms with Crippen LogP contribution in [0.1, 0.15) is 51.3 Å². The molecule has 1 aromatic heterocycles. The van der Waals surface area contributed by atoms with Crippen molar-refractivity contribution in [3.8, 4) is 0 Å². The molecule has 116 valence electrons. The van der Waals surface area contributed by atoms with Gasteiger partial charge in [0.05, 0.1) is 0 Å². The lowest BCUT2D eigenvalue weighted by atomic mass is 9.84. The fourth-order valence-corrected chi connectivity index (χ4v) is 4.25. The Hall–Kier alpha value is -1.17. The Morgan fingerprint density at radius 3 is 2.86 bits per heavy atom. The smallest absolute Gasteiger partial charge is 0.242 e. The van der Waals surface area contributed by atoms with E-state index in [0.717, 1.165) is 30.3 Å². The predicted molar refractivity (Wildman–Crippen MR) is 84.6 cm³/mol. The van der Waals surface area contributed by atoms with Gasteiger partial charge in [-0.1, -0.05) is 39.0 Å². The van der Waals surface area contributed by atoms with Crippen molar-refractivity contribution in [3.05, 3.63) is 5.82 Å². The number of nitrogens with zero attached hydrogens (tertiary/aromatic N) is 3. The summed E-state index contributed by atoms with van der Waals surface area (Å²) >= 11 is 1.43. The molecule has 2 aliphatic rings. The molecular weight excluding hydrogens is 284 g/mol. The number of carbonyl (C=O) groups excluding carboxylic acids is 1. The van der Waals surface area contributed by atoms with Crippen molar-refractivity contribution in [2.24, 2.45) is 5.92 Å². The second-order valence-electron chi connectivity index (χ2n) is 6.09. The average molecular weight is 308 g/mol. The van der Waals surface area contributed by atoms with Crippen LogP contribution in [0.15, 0.2) is 0 Å². The fraction of sp³-hybridized carbons (Fsp3) is 0.800. The third-order valence-electron chi connectivity index (χ3n) is 4.63. The van der Waals surface area contributed by atoms with Crippen molar-refractivity contribution >= 4 is 22.6 Å². The van der Waals surface area contributed by atoms with Gasteiger partial charge in [0.15, 0.2) is 0 Å². The van der Waals surface area contributed by atoms with Gasteiger partial charge >= 0.3 is 0 Å². The molecule has 2 fully saturated rings. The summed E-state index contributed by atoms with van der Waals surface area (Å²) in [5.41, 5.74) is 0. The van der Waals surface area contributed by atoms with Gasteiger partial charge in [0.2, 0.25) is 11.0 Å². The molecule has 1 aliphatic carbocycles. The summed E-state index contributed by atoms with van der Waals surface area (Å²) in [4.78, 5) is 19.1. The van der Waals surface area contributed by atoms with Crippen LogP contribution in [0.4, 0.5) is 5.13 Å². The molecule has 0 aromatic carbocycles. The zero-order valence-electron chi connectivity index (χ0n) is 12.7. The van der Waals surface area contributed by atoms with Gasteiger partial charge in [-0.05, 0) is 12.3 Å². The zero-order valence-corrected chi connectivity index (χ0v) is 13.5. The number of piperazine rings is 1. The molecule has 1 saturated heterocycles. The molecule has 5 nitrogen and oxygen atoms in total. The highest BCUT2D eigenvalue weighted by molar-refractivity contribution is 7.09. The van der Waals surface area contributed by atoms with Gasteiger partial charge in [-0.3, -0.25) is 4.79 Å². The zero-order chi connectivity index (χ0) is 14.7. The van der Waals surface area contributed by atoms with E-state index < -0.39 is 0 Å². The minimum atomic E-state index is -0.0560. The molecule has 21 heavy (non-hydrogen) atoms. The van der Waals surface area contributed by atoms with Crippen molar-refractivity contribution < 1.29 is 4.79 Å². The SMILES string of the molecule is CCc1nsc(N2CCNC(=O)C2CC2CCCCC2)n1. The lowest BCUT2D eigenvalue weighted by Crippen LogP contribution is -2.56. The lowest BCUT2D eigenvalue weighted by molar-refractivity contribution is -0.123. The van der Waals surface area contributed by atoms with E-state index in [1.54, 1.807) is 0 Å². The van der Waals surface area contributed by atoms with E-state index in [0.29, 0.717) is 12.5 Å². The topological polar surface area (TPSA) is 58.1 Å². The Morgan fingerprint density at radius 1 is 1.33 bits per heavy atom. The normalized spacial score (nSPS) is 24.1. The summed E-state index contributed by atoms with van der Waals surface area (Å²) in [6.07, 6.45) is 8.35. The van der Waals surface area contributed by atoms with Gasteiger partial charge in [0.25, 0.3) is 0 Å². The first-order valence-electron chi connectivity index (χ1n) is 8.15. The molecule has 1 N–H and O–H groups in total. The Labute approximate surface area is 130 Å². The number of nitrogens with one attached hydrogen (secondary N) is 1. The number of carbonyl (C=O) groups is 1. The maximum atomic E-state index is 12.3. The van der Waals surface area contributed by atoms with Crippen LogP contribution in [0.2, 0.25) is 0 Å². The first-order valence-corrected chi connectivity index (χ1v) is 8.92. The standard InChI is InChI=1S/C15H24N4OS/c1-2-13-17-15(21-18-13)19-9-8-16-14(20)12(19)10-11-6-4-3-5-7-11/h11-12H,2-10H2,1H3,(H,16,20). The summed E-state index contributed by atoms with van der Waals surface area (Å²) in [7, 11) is 0. The highest BCUT2D eigenvalue weighted by Gasteiger charge is 2.34. The van der Waals surface area contributed by atoms with E-state index >= 15 is 0 Å². The van der Waals surface area contributed by atoms with Gasteiger partial charge in [0.1, 0.15) is 11.9 Å². The van der Waals surface area contributed by atoms with Gasteiger partial charge in [-0.2, -0.15) is 4.37 Å². The summed E-state index contributed by atoms with van der Waals surface area (Å²) in [6, 6.07) is -0.0560. The van der Waals surface area contributed by atoms with Crippen LogP contribution in [-0.4, -0.2) is 34.4 Å². The first-order chi connectivity index (χ1) is 10.3. The third kappa shape index (κ3) is 3.36. The van der Waals surface area contributed by atoms with Crippen LogP contribution >= 0.6 is 11.5 Å². The molecule has 1 atom stereocenters. The quantitative estimate of drug-likeness (QED) is 0.928. The number of aryl methyl sites for hydroxylation is 1. The largest absolute Gasteiger partial charge is 0.353 e. The molecule has 1 saturated carbocycles. The number of hydrogen-bond donors (Lipinski definition) is 1. The fourth-order valence-electron chi connectivity index (χ4n) is 3.42. The molecule has 1 aliphatic heterocycles. The average Bonchev–Trinajstić information content (AvgIpc) is 2.99. The Balaban J connectivity index is 1.73. The summed E-state index contributed by atoms with van der Waals surface area (Å²) < 4.78 is 4.37. The van der Waals surface area contributed by atoms with Crippen LogP contribution < -0.4 is 10.2 Å². The summed E-state index contributed by atoms with van der Waals surface area (Å²) in [5.74, 6) is 1.74. The maximum Gasteiger partial charge on any atom is 0.242 e. The molecule has 1 amide bonds. The number of aromatic nitrogens is 2. The molecule has 3 rings (SSSR count). The van der Waals surface area contributed by atoms with Gasteiger partial charge in [-0.15, -0.1) is 0 Å². The van der Waals surface area contributed by atoms with E-state index in [-0.39, 0.29) is 11.9 Å². The van der Waals surface area contributed by atoms with E-state index in [1.165, 1.54) is 43.6 Å². The highest BCUT2D eigenvalue weighted by Crippen LogP contribution is 2.31. The molecule has 0 spiro atoms. The molecule has 6 heteroatoms. The van der Waals surface area contributed by atoms with Crippen LogP contribution in [0.3, 0.4) is 0 Å². The third-order valence-corrected chi connectivity index (χ3v) is 5.42. The number of hydrogen-bond acceptors (Lipinski definition) is 5. The van der Waals surface area contributed by atoms with Crippen LogP contribution in [0.25, 0.3) is 0 Å². The van der Waals surface area contributed by atoms with Crippen molar-refractivity contribution in [1.82, 2.24) is 14.7 Å². The van der Waals surface area contributed by atoms with Crippen molar-refractivity contribution in [2.75, 3.05) is 18.0 Å². The Bertz CT molecular complexity index is 484. The molecule has 0 bridgehead atoms. The molecule has 0 radical (unpaired) electrons. The molecule has 2 heterocycles. The Kier molecular flexibility index (Phi) is 4.73. The number of amides is 1. The van der Waals surface area contributed by atoms with Crippen molar-refractivity contribution in [1.29, 1.82) is 0 Å². The van der Waals surface area contributed by atoms with Gasteiger partial charge in [0, 0.05) is 31.0 Å². The number of anilines is 1. The van der Waals surface area contributed by atoms with Crippen LogP contribution in [0.5, 0.6) is 0 Å². The highest BCUT2D eigenvalue weighted by atomic mass is 32.1. The van der Waals surface area contributed by atoms with Crippen molar-refractivity contribution in [3.63, 3.8) is 0 Å². The van der Waals surface area contributed by atoms with Crippen LogP contribution in [-0.2, 0) is 11.2 Å². The maximum absolute atomic E-state index is 12.3. The second kappa shape index (κ2) is 6.73. The van der Waals surface area contributed by atoms with Gasteiger partial charge in [-0.25, -0.2) is 4.98 Å². The molecule has 1 unspecified atom stereocenters. The molecule has 1 aromatic rings. The van der Waals surface area contributed by atoms with Gasteiger partial charge < -0.3 is 10.2 Å². The van der Waals surface area contributed by atoms with Crippen LogP contribution in [0, 0.1) is 5.92 Å². The Morgan fingerprint density at radius 2 is 2.14 bits per heavy atom.